The van der Waals surface area contributed by atoms with Gasteiger partial charge >= 0.3 is 0 Å². The summed E-state index contributed by atoms with van der Waals surface area (Å²) in [7, 11) is 0. The molecule has 0 N–H and O–H groups in total. The highest BCUT2D eigenvalue weighted by Crippen LogP contribution is 2.27. The Morgan fingerprint density at radius 2 is 2.20 bits per heavy atom. The molecule has 0 unspecified atom stereocenters. The van der Waals surface area contributed by atoms with Crippen molar-refractivity contribution in [2.75, 3.05) is 0 Å². The molecule has 78 valence electrons. The van der Waals surface area contributed by atoms with Crippen LogP contribution >= 0.6 is 11.6 Å². The highest BCUT2D eigenvalue weighted by atomic mass is 35.5. The molecule has 3 heteroatoms. The van der Waals surface area contributed by atoms with Crippen LogP contribution in [0.5, 0.6) is 0 Å². The summed E-state index contributed by atoms with van der Waals surface area (Å²) in [5, 5.41) is 0.431. The number of hydrogen-bond donors (Lipinski definition) is 0. The zero-order valence-corrected chi connectivity index (χ0v) is 9.39. The molecule has 0 bridgehead atoms. The number of fused-ring (bicyclic) bond motifs is 1. The molecule has 0 saturated carbocycles. The lowest BCUT2D eigenvalue weighted by Crippen LogP contribution is -1.87. The third kappa shape index (κ3) is 1.65. The highest BCUT2D eigenvalue weighted by molar-refractivity contribution is 6.67. The first-order valence-electron chi connectivity index (χ1n) is 4.85. The molecule has 0 fully saturated rings. The van der Waals surface area contributed by atoms with Crippen LogP contribution in [0.3, 0.4) is 0 Å². The van der Waals surface area contributed by atoms with Gasteiger partial charge in [-0.1, -0.05) is 13.0 Å². The average Bonchev–Trinajstić information content (AvgIpc) is 2.56. The number of carbonyl (C=O) groups is 1. The van der Waals surface area contributed by atoms with Crippen molar-refractivity contribution in [1.82, 2.24) is 0 Å². The number of benzene rings is 1. The molecule has 1 heterocycles. The summed E-state index contributed by atoms with van der Waals surface area (Å²) in [4.78, 5) is 11.1. The first kappa shape index (κ1) is 10.2. The second-order valence-electron chi connectivity index (χ2n) is 3.51. The van der Waals surface area contributed by atoms with E-state index in [1.165, 1.54) is 5.56 Å². The van der Waals surface area contributed by atoms with Crippen molar-refractivity contribution in [3.05, 3.63) is 35.1 Å². The normalized spacial score (nSPS) is 10.9. The van der Waals surface area contributed by atoms with Crippen molar-refractivity contribution in [2.45, 2.75) is 20.3 Å². The van der Waals surface area contributed by atoms with Crippen molar-refractivity contribution >= 4 is 27.8 Å². The standard InChI is InChI=1S/C12H11ClO2/c1-3-8-4-5-10-9(6-8)7(2)11(15-10)12(13)14/h4-6H,3H2,1-2H3. The minimum Gasteiger partial charge on any atom is -0.451 e. The van der Waals surface area contributed by atoms with E-state index in [4.69, 9.17) is 16.0 Å². The SMILES string of the molecule is CCc1ccc2oc(C(=O)Cl)c(C)c2c1. The minimum atomic E-state index is -0.540. The van der Waals surface area contributed by atoms with Crippen LogP contribution in [-0.4, -0.2) is 5.24 Å². The third-order valence-electron chi connectivity index (χ3n) is 2.59. The molecular weight excluding hydrogens is 212 g/mol. The van der Waals surface area contributed by atoms with E-state index in [0.29, 0.717) is 5.58 Å². The van der Waals surface area contributed by atoms with Gasteiger partial charge in [0, 0.05) is 10.9 Å². The maximum Gasteiger partial charge on any atom is 0.288 e. The molecule has 0 aliphatic heterocycles. The van der Waals surface area contributed by atoms with Gasteiger partial charge in [0.15, 0.2) is 5.76 Å². The molecular formula is C12H11ClO2. The van der Waals surface area contributed by atoms with Crippen LogP contribution in [0.25, 0.3) is 11.0 Å². The van der Waals surface area contributed by atoms with Crippen LogP contribution in [0.2, 0.25) is 0 Å². The Balaban J connectivity index is 2.72. The molecule has 2 aromatic rings. The molecule has 1 aromatic heterocycles. The maximum absolute atomic E-state index is 11.1. The van der Waals surface area contributed by atoms with Crippen LogP contribution in [0.15, 0.2) is 22.6 Å². The Kier molecular flexibility index (Phi) is 2.53. The smallest absolute Gasteiger partial charge is 0.288 e. The number of carbonyl (C=O) groups excluding carboxylic acids is 1. The number of aryl methyl sites for hydroxylation is 2. The van der Waals surface area contributed by atoms with Gasteiger partial charge in [-0.2, -0.15) is 0 Å². The number of halogens is 1. The summed E-state index contributed by atoms with van der Waals surface area (Å²) in [6.45, 7) is 3.94. The van der Waals surface area contributed by atoms with E-state index < -0.39 is 5.24 Å². The summed E-state index contributed by atoms with van der Waals surface area (Å²) < 4.78 is 5.38. The molecule has 0 amide bonds. The van der Waals surface area contributed by atoms with Crippen LogP contribution in [0, 0.1) is 6.92 Å². The summed E-state index contributed by atoms with van der Waals surface area (Å²) >= 11 is 5.42. The summed E-state index contributed by atoms with van der Waals surface area (Å²) in [6, 6.07) is 5.91. The van der Waals surface area contributed by atoms with Gasteiger partial charge in [0.1, 0.15) is 5.58 Å². The van der Waals surface area contributed by atoms with Crippen molar-refractivity contribution in [1.29, 1.82) is 0 Å². The predicted molar refractivity (Wildman–Crippen MR) is 60.5 cm³/mol. The molecule has 1 aromatic carbocycles. The lowest BCUT2D eigenvalue weighted by atomic mass is 10.1. The van der Waals surface area contributed by atoms with Gasteiger partial charge in [0.05, 0.1) is 0 Å². The Hall–Kier alpha value is -1.28. The molecule has 2 rings (SSSR count). The monoisotopic (exact) mass is 222 g/mol. The zero-order chi connectivity index (χ0) is 11.0. The van der Waals surface area contributed by atoms with Gasteiger partial charge in [-0.05, 0) is 42.6 Å². The average molecular weight is 223 g/mol. The summed E-state index contributed by atoms with van der Waals surface area (Å²) in [5.74, 6) is 0.250. The third-order valence-corrected chi connectivity index (χ3v) is 2.76. The molecule has 0 aliphatic rings. The maximum atomic E-state index is 11.1. The topological polar surface area (TPSA) is 30.2 Å². The first-order valence-corrected chi connectivity index (χ1v) is 5.23. The number of hydrogen-bond acceptors (Lipinski definition) is 2. The largest absolute Gasteiger partial charge is 0.451 e. The van der Waals surface area contributed by atoms with E-state index in [2.05, 4.69) is 6.92 Å². The molecule has 2 nitrogen and oxygen atoms in total. The van der Waals surface area contributed by atoms with Gasteiger partial charge in [0.2, 0.25) is 0 Å². The van der Waals surface area contributed by atoms with Gasteiger partial charge in [-0.15, -0.1) is 0 Å². The fourth-order valence-electron chi connectivity index (χ4n) is 1.68. The van der Waals surface area contributed by atoms with E-state index in [1.54, 1.807) is 0 Å². The second kappa shape index (κ2) is 3.70. The Morgan fingerprint density at radius 3 is 2.80 bits per heavy atom. The van der Waals surface area contributed by atoms with Crippen LogP contribution < -0.4 is 0 Å². The zero-order valence-electron chi connectivity index (χ0n) is 8.63. The second-order valence-corrected chi connectivity index (χ2v) is 3.86. The molecule has 15 heavy (non-hydrogen) atoms. The van der Waals surface area contributed by atoms with E-state index in [0.717, 1.165) is 17.4 Å². The molecule has 0 aliphatic carbocycles. The molecule has 0 radical (unpaired) electrons. The van der Waals surface area contributed by atoms with E-state index >= 15 is 0 Å². The highest BCUT2D eigenvalue weighted by Gasteiger charge is 2.15. The molecule has 0 atom stereocenters. The van der Waals surface area contributed by atoms with Crippen molar-refractivity contribution in [3.63, 3.8) is 0 Å². The Bertz CT molecular complexity index is 526. The van der Waals surface area contributed by atoms with Crippen LogP contribution in [-0.2, 0) is 6.42 Å². The number of furan rings is 1. The van der Waals surface area contributed by atoms with Gasteiger partial charge in [-0.3, -0.25) is 4.79 Å². The molecule has 0 spiro atoms. The van der Waals surface area contributed by atoms with Gasteiger partial charge < -0.3 is 4.42 Å². The van der Waals surface area contributed by atoms with Crippen LogP contribution in [0.1, 0.15) is 28.6 Å². The van der Waals surface area contributed by atoms with Crippen molar-refractivity contribution in [2.24, 2.45) is 0 Å². The van der Waals surface area contributed by atoms with E-state index in [-0.39, 0.29) is 5.76 Å². The van der Waals surface area contributed by atoms with E-state index in [9.17, 15) is 4.79 Å². The summed E-state index contributed by atoms with van der Waals surface area (Å²) in [5.41, 5.74) is 2.76. The molecule has 0 saturated heterocycles. The van der Waals surface area contributed by atoms with Crippen molar-refractivity contribution in [3.8, 4) is 0 Å². The fraction of sp³-hybridized carbons (Fsp3) is 0.250. The quantitative estimate of drug-likeness (QED) is 0.726. The van der Waals surface area contributed by atoms with Gasteiger partial charge in [0.25, 0.3) is 5.24 Å². The first-order chi connectivity index (χ1) is 7.13. The predicted octanol–water partition coefficient (Wildman–Crippen LogP) is 3.68. The van der Waals surface area contributed by atoms with Crippen molar-refractivity contribution < 1.29 is 9.21 Å². The minimum absolute atomic E-state index is 0.250. The Labute approximate surface area is 92.8 Å². The fourth-order valence-corrected chi connectivity index (χ4v) is 1.86. The summed E-state index contributed by atoms with van der Waals surface area (Å²) in [6.07, 6.45) is 0.963. The van der Waals surface area contributed by atoms with Gasteiger partial charge in [-0.25, -0.2) is 0 Å². The lowest BCUT2D eigenvalue weighted by molar-refractivity contribution is 0.105. The lowest BCUT2D eigenvalue weighted by Gasteiger charge is -1.95. The van der Waals surface area contributed by atoms with Crippen LogP contribution in [0.4, 0.5) is 0 Å². The Morgan fingerprint density at radius 1 is 1.47 bits per heavy atom. The number of rotatable bonds is 2. The van der Waals surface area contributed by atoms with E-state index in [1.807, 2.05) is 25.1 Å².